The summed E-state index contributed by atoms with van der Waals surface area (Å²) in [5.74, 6) is 0. The lowest BCUT2D eigenvalue weighted by Gasteiger charge is -2.19. The number of aliphatic hydroxyl groups excluding tert-OH is 1. The van der Waals surface area contributed by atoms with Crippen molar-refractivity contribution in [3.63, 3.8) is 0 Å². The first-order valence-electron chi connectivity index (χ1n) is 6.32. The van der Waals surface area contributed by atoms with Crippen LogP contribution in [-0.4, -0.2) is 5.11 Å². The number of aliphatic hydroxyl groups is 1. The van der Waals surface area contributed by atoms with Crippen LogP contribution in [0.3, 0.4) is 0 Å². The normalized spacial score (nSPS) is 12.5. The fourth-order valence-electron chi connectivity index (χ4n) is 2.67. The summed E-state index contributed by atoms with van der Waals surface area (Å²) in [6.45, 7) is 8.26. The predicted octanol–water partition coefficient (Wildman–Crippen LogP) is 4.00. The summed E-state index contributed by atoms with van der Waals surface area (Å²) in [6, 6.07) is 12.3. The van der Waals surface area contributed by atoms with Gasteiger partial charge < -0.3 is 5.11 Å². The van der Waals surface area contributed by atoms with Crippen LogP contribution in [0.1, 0.15) is 39.5 Å². The molecule has 0 saturated carbocycles. The molecule has 1 heteroatoms. The zero-order chi connectivity index (χ0) is 13.3. The molecule has 0 aromatic heterocycles. The molecule has 2 aromatic rings. The van der Waals surface area contributed by atoms with E-state index >= 15 is 0 Å². The fourth-order valence-corrected chi connectivity index (χ4v) is 2.67. The molecule has 1 atom stereocenters. The summed E-state index contributed by atoms with van der Waals surface area (Å²) in [6.07, 6.45) is -0.535. The van der Waals surface area contributed by atoms with E-state index in [0.29, 0.717) is 0 Å². The quantitative estimate of drug-likeness (QED) is 0.841. The number of rotatable bonds is 2. The van der Waals surface area contributed by atoms with Crippen molar-refractivity contribution in [2.45, 2.75) is 33.8 Å². The molecule has 0 radical (unpaired) electrons. The van der Waals surface area contributed by atoms with Gasteiger partial charge in [-0.25, -0.2) is 0 Å². The van der Waals surface area contributed by atoms with Gasteiger partial charge >= 0.3 is 0 Å². The highest BCUT2D eigenvalue weighted by Crippen LogP contribution is 2.30. The summed E-state index contributed by atoms with van der Waals surface area (Å²) >= 11 is 0. The molecule has 2 rings (SSSR count). The van der Waals surface area contributed by atoms with Crippen molar-refractivity contribution < 1.29 is 5.11 Å². The summed E-state index contributed by atoms with van der Waals surface area (Å²) in [4.78, 5) is 0. The molecule has 0 fully saturated rings. The van der Waals surface area contributed by atoms with Crippen molar-refractivity contribution in [1.82, 2.24) is 0 Å². The monoisotopic (exact) mass is 240 g/mol. The first-order chi connectivity index (χ1) is 8.50. The minimum atomic E-state index is -0.535. The van der Waals surface area contributed by atoms with E-state index in [1.165, 1.54) is 5.56 Å². The lowest BCUT2D eigenvalue weighted by atomic mass is 9.90. The van der Waals surface area contributed by atoms with Crippen molar-refractivity contribution >= 4 is 0 Å². The molecule has 0 heterocycles. The Hall–Kier alpha value is -1.60. The lowest BCUT2D eigenvalue weighted by Crippen LogP contribution is -2.06. The van der Waals surface area contributed by atoms with Crippen LogP contribution in [0.2, 0.25) is 0 Å². The van der Waals surface area contributed by atoms with Crippen LogP contribution in [0.15, 0.2) is 36.4 Å². The molecular weight excluding hydrogens is 220 g/mol. The van der Waals surface area contributed by atoms with E-state index < -0.39 is 6.10 Å². The SMILES string of the molecule is Cc1cc(C)c(C(O)c2ccccc2C)c(C)c1. The van der Waals surface area contributed by atoms with E-state index in [0.717, 1.165) is 27.8 Å². The summed E-state index contributed by atoms with van der Waals surface area (Å²) in [5, 5.41) is 10.6. The molecule has 2 aromatic carbocycles. The minimum Gasteiger partial charge on any atom is -0.384 e. The molecule has 1 nitrogen and oxygen atoms in total. The molecule has 0 saturated heterocycles. The van der Waals surface area contributed by atoms with Crippen LogP contribution in [0.4, 0.5) is 0 Å². The first-order valence-corrected chi connectivity index (χ1v) is 6.32. The average Bonchev–Trinajstić information content (AvgIpc) is 2.27. The zero-order valence-electron chi connectivity index (χ0n) is 11.5. The van der Waals surface area contributed by atoms with Crippen molar-refractivity contribution in [2.24, 2.45) is 0 Å². The van der Waals surface area contributed by atoms with Gasteiger partial charge in [-0.1, -0.05) is 42.0 Å². The third-order valence-corrected chi connectivity index (χ3v) is 3.49. The first kappa shape index (κ1) is 12.8. The van der Waals surface area contributed by atoms with E-state index in [2.05, 4.69) is 32.9 Å². The van der Waals surface area contributed by atoms with Gasteiger partial charge in [0, 0.05) is 0 Å². The largest absolute Gasteiger partial charge is 0.384 e. The van der Waals surface area contributed by atoms with Gasteiger partial charge in [0.1, 0.15) is 6.10 Å². The zero-order valence-corrected chi connectivity index (χ0v) is 11.5. The van der Waals surface area contributed by atoms with Crippen LogP contribution in [0.25, 0.3) is 0 Å². The van der Waals surface area contributed by atoms with Gasteiger partial charge in [0.25, 0.3) is 0 Å². The molecule has 1 unspecified atom stereocenters. The maximum atomic E-state index is 10.6. The van der Waals surface area contributed by atoms with Gasteiger partial charge in [0.2, 0.25) is 0 Å². The molecule has 0 spiro atoms. The van der Waals surface area contributed by atoms with Crippen molar-refractivity contribution in [1.29, 1.82) is 0 Å². The highest BCUT2D eigenvalue weighted by Gasteiger charge is 2.17. The third-order valence-electron chi connectivity index (χ3n) is 3.49. The molecule has 1 N–H and O–H groups in total. The van der Waals surface area contributed by atoms with E-state index in [1.54, 1.807) is 0 Å². The Morgan fingerprint density at radius 2 is 1.39 bits per heavy atom. The van der Waals surface area contributed by atoms with Crippen LogP contribution >= 0.6 is 0 Å². The van der Waals surface area contributed by atoms with Crippen molar-refractivity contribution in [2.75, 3.05) is 0 Å². The second kappa shape index (κ2) is 4.95. The second-order valence-electron chi connectivity index (χ2n) is 5.07. The van der Waals surface area contributed by atoms with E-state index in [1.807, 2.05) is 31.2 Å². The maximum Gasteiger partial charge on any atom is 0.105 e. The van der Waals surface area contributed by atoms with Gasteiger partial charge in [-0.2, -0.15) is 0 Å². The molecule has 0 bridgehead atoms. The van der Waals surface area contributed by atoms with Crippen LogP contribution in [0, 0.1) is 27.7 Å². The van der Waals surface area contributed by atoms with Crippen LogP contribution in [0.5, 0.6) is 0 Å². The van der Waals surface area contributed by atoms with Gasteiger partial charge in [0.15, 0.2) is 0 Å². The minimum absolute atomic E-state index is 0.535. The standard InChI is InChI=1S/C17H20O/c1-11-9-13(3)16(14(4)10-11)17(18)15-8-6-5-7-12(15)2/h5-10,17-18H,1-4H3. The lowest BCUT2D eigenvalue weighted by molar-refractivity contribution is 0.218. The second-order valence-corrected chi connectivity index (χ2v) is 5.07. The van der Waals surface area contributed by atoms with Crippen molar-refractivity contribution in [3.05, 3.63) is 69.8 Å². The number of aryl methyl sites for hydroxylation is 4. The van der Waals surface area contributed by atoms with E-state index in [9.17, 15) is 5.11 Å². The summed E-state index contributed by atoms with van der Waals surface area (Å²) < 4.78 is 0. The smallest absolute Gasteiger partial charge is 0.105 e. The predicted molar refractivity (Wildman–Crippen MR) is 75.9 cm³/mol. The van der Waals surface area contributed by atoms with Crippen molar-refractivity contribution in [3.8, 4) is 0 Å². The summed E-state index contributed by atoms with van der Waals surface area (Å²) in [5.41, 5.74) is 6.71. The Morgan fingerprint density at radius 3 is 1.94 bits per heavy atom. The van der Waals surface area contributed by atoms with Crippen LogP contribution in [-0.2, 0) is 0 Å². The maximum absolute atomic E-state index is 10.6. The Balaban J connectivity index is 2.53. The van der Waals surface area contributed by atoms with Gasteiger partial charge in [0.05, 0.1) is 0 Å². The Bertz CT molecular complexity index is 547. The van der Waals surface area contributed by atoms with Gasteiger partial charge in [-0.15, -0.1) is 0 Å². The average molecular weight is 240 g/mol. The number of hydrogen-bond acceptors (Lipinski definition) is 1. The van der Waals surface area contributed by atoms with Crippen LogP contribution < -0.4 is 0 Å². The number of hydrogen-bond donors (Lipinski definition) is 1. The summed E-state index contributed by atoms with van der Waals surface area (Å²) in [7, 11) is 0. The van der Waals surface area contributed by atoms with E-state index in [4.69, 9.17) is 0 Å². The van der Waals surface area contributed by atoms with Gasteiger partial charge in [-0.3, -0.25) is 0 Å². The molecule has 0 aliphatic rings. The topological polar surface area (TPSA) is 20.2 Å². The Morgan fingerprint density at radius 1 is 0.833 bits per heavy atom. The highest BCUT2D eigenvalue weighted by molar-refractivity contribution is 5.44. The number of benzene rings is 2. The Kier molecular flexibility index (Phi) is 3.53. The molecule has 0 amide bonds. The molecular formula is C17H20O. The molecule has 18 heavy (non-hydrogen) atoms. The van der Waals surface area contributed by atoms with E-state index in [-0.39, 0.29) is 0 Å². The highest BCUT2D eigenvalue weighted by atomic mass is 16.3. The Labute approximate surface area is 109 Å². The van der Waals surface area contributed by atoms with Gasteiger partial charge in [-0.05, 0) is 55.5 Å². The fraction of sp³-hybridized carbons (Fsp3) is 0.294. The molecule has 0 aliphatic heterocycles. The molecule has 94 valence electrons. The third kappa shape index (κ3) is 2.32. The molecule has 0 aliphatic carbocycles.